The van der Waals surface area contributed by atoms with Crippen molar-refractivity contribution in [3.05, 3.63) is 53.0 Å². The molecule has 0 radical (unpaired) electrons. The molecule has 0 bridgehead atoms. The Morgan fingerprint density at radius 2 is 1.81 bits per heavy atom. The van der Waals surface area contributed by atoms with Crippen LogP contribution in [0, 0.1) is 20.8 Å². The number of urea groups is 1. The molecule has 2 heterocycles. The van der Waals surface area contributed by atoms with Gasteiger partial charge < -0.3 is 20.0 Å². The van der Waals surface area contributed by atoms with E-state index < -0.39 is 29.9 Å². The zero-order valence-corrected chi connectivity index (χ0v) is 18.2. The Kier molecular flexibility index (Phi) is 5.88. The van der Waals surface area contributed by atoms with Crippen LogP contribution in [0.15, 0.2) is 34.7 Å². The van der Waals surface area contributed by atoms with Crippen LogP contribution in [0.2, 0.25) is 0 Å². The summed E-state index contributed by atoms with van der Waals surface area (Å²) in [4.78, 5) is 52.3. The SMILES string of the molecule is Cc1ccc(NC(=O)CN(C)C(=O)CN2C(=O)NC(C)(c3cc(C)oc3C)C2=O)cc1. The summed E-state index contributed by atoms with van der Waals surface area (Å²) >= 11 is 0. The van der Waals surface area contributed by atoms with Gasteiger partial charge in [0.15, 0.2) is 0 Å². The molecular weight excluding hydrogens is 400 g/mol. The third kappa shape index (κ3) is 4.45. The number of hydrogen-bond donors (Lipinski definition) is 2. The van der Waals surface area contributed by atoms with Gasteiger partial charge in [0.05, 0.1) is 6.54 Å². The summed E-state index contributed by atoms with van der Waals surface area (Å²) in [5.41, 5.74) is 0.906. The summed E-state index contributed by atoms with van der Waals surface area (Å²) in [6, 6.07) is 8.28. The van der Waals surface area contributed by atoms with Crippen molar-refractivity contribution < 1.29 is 23.6 Å². The maximum absolute atomic E-state index is 13.0. The van der Waals surface area contributed by atoms with Gasteiger partial charge in [-0.3, -0.25) is 19.3 Å². The summed E-state index contributed by atoms with van der Waals surface area (Å²) in [5, 5.41) is 5.36. The summed E-state index contributed by atoms with van der Waals surface area (Å²) in [7, 11) is 1.44. The van der Waals surface area contributed by atoms with Crippen molar-refractivity contribution in [2.24, 2.45) is 0 Å². The van der Waals surface area contributed by atoms with E-state index in [9.17, 15) is 19.2 Å². The lowest BCUT2D eigenvalue weighted by atomic mass is 9.92. The number of likely N-dealkylation sites (N-methyl/N-ethyl adjacent to an activating group) is 1. The number of amides is 5. The van der Waals surface area contributed by atoms with Crippen LogP contribution in [-0.2, 0) is 19.9 Å². The number of nitrogens with one attached hydrogen (secondary N) is 2. The van der Waals surface area contributed by atoms with E-state index >= 15 is 0 Å². The standard InChI is InChI=1S/C22H26N4O5/c1-13-6-8-16(9-7-13)23-18(27)11-25(5)19(28)12-26-20(29)22(4,24-21(26)30)17-10-14(2)31-15(17)3/h6-10H,11-12H2,1-5H3,(H,23,27)(H,24,30). The molecule has 0 spiro atoms. The number of imide groups is 1. The Morgan fingerprint density at radius 3 is 2.39 bits per heavy atom. The Labute approximate surface area is 180 Å². The van der Waals surface area contributed by atoms with Crippen LogP contribution < -0.4 is 10.6 Å². The van der Waals surface area contributed by atoms with Crippen LogP contribution in [0.3, 0.4) is 0 Å². The molecule has 1 aliphatic rings. The summed E-state index contributed by atoms with van der Waals surface area (Å²) < 4.78 is 5.49. The van der Waals surface area contributed by atoms with Crippen molar-refractivity contribution in [2.75, 3.05) is 25.5 Å². The van der Waals surface area contributed by atoms with Crippen LogP contribution in [0.1, 0.15) is 29.6 Å². The average molecular weight is 426 g/mol. The molecule has 9 nitrogen and oxygen atoms in total. The molecule has 2 N–H and O–H groups in total. The molecule has 0 aliphatic carbocycles. The van der Waals surface area contributed by atoms with Crippen LogP contribution in [0.25, 0.3) is 0 Å². The van der Waals surface area contributed by atoms with Crippen LogP contribution >= 0.6 is 0 Å². The number of carbonyl (C=O) groups is 4. The third-order valence-corrected chi connectivity index (χ3v) is 5.29. The molecule has 2 aromatic rings. The molecule has 1 atom stereocenters. The molecule has 9 heteroatoms. The fraction of sp³-hybridized carbons (Fsp3) is 0.364. The van der Waals surface area contributed by atoms with Crippen molar-refractivity contribution in [1.29, 1.82) is 0 Å². The van der Waals surface area contributed by atoms with Crippen molar-refractivity contribution in [3.8, 4) is 0 Å². The van der Waals surface area contributed by atoms with Crippen molar-refractivity contribution in [1.82, 2.24) is 15.1 Å². The van der Waals surface area contributed by atoms with E-state index in [0.717, 1.165) is 10.5 Å². The third-order valence-electron chi connectivity index (χ3n) is 5.29. The van der Waals surface area contributed by atoms with Gasteiger partial charge in [0.25, 0.3) is 5.91 Å². The predicted octanol–water partition coefficient (Wildman–Crippen LogP) is 2.07. The molecule has 1 aliphatic heterocycles. The van der Waals surface area contributed by atoms with Gasteiger partial charge in [-0.15, -0.1) is 0 Å². The summed E-state index contributed by atoms with van der Waals surface area (Å²) in [6.07, 6.45) is 0. The fourth-order valence-corrected chi connectivity index (χ4v) is 3.55. The van der Waals surface area contributed by atoms with Crippen LogP contribution in [-0.4, -0.2) is 53.7 Å². The second kappa shape index (κ2) is 8.25. The van der Waals surface area contributed by atoms with Gasteiger partial charge in [0, 0.05) is 18.3 Å². The Bertz CT molecular complexity index is 1040. The normalized spacial score (nSPS) is 18.2. The number of benzene rings is 1. The number of aryl methyl sites for hydroxylation is 3. The quantitative estimate of drug-likeness (QED) is 0.687. The first kappa shape index (κ1) is 22.1. The minimum absolute atomic E-state index is 0.215. The summed E-state index contributed by atoms with van der Waals surface area (Å²) in [6.45, 7) is 6.29. The van der Waals surface area contributed by atoms with Gasteiger partial charge in [-0.25, -0.2) is 4.79 Å². The van der Waals surface area contributed by atoms with E-state index in [1.54, 1.807) is 39.0 Å². The fourth-order valence-electron chi connectivity index (χ4n) is 3.55. The highest BCUT2D eigenvalue weighted by atomic mass is 16.3. The number of hydrogen-bond acceptors (Lipinski definition) is 5. The second-order valence-electron chi connectivity index (χ2n) is 7.94. The molecule has 3 rings (SSSR count). The first-order valence-corrected chi connectivity index (χ1v) is 9.83. The van der Waals surface area contributed by atoms with Crippen molar-refractivity contribution in [2.45, 2.75) is 33.2 Å². The van der Waals surface area contributed by atoms with E-state index in [2.05, 4.69) is 10.6 Å². The molecule has 1 unspecified atom stereocenters. The van der Waals surface area contributed by atoms with E-state index in [1.165, 1.54) is 11.9 Å². The van der Waals surface area contributed by atoms with E-state index in [0.29, 0.717) is 22.8 Å². The Morgan fingerprint density at radius 1 is 1.16 bits per heavy atom. The topological polar surface area (TPSA) is 112 Å². The maximum Gasteiger partial charge on any atom is 0.325 e. The highest BCUT2D eigenvalue weighted by molar-refractivity contribution is 6.09. The van der Waals surface area contributed by atoms with Gasteiger partial charge in [0.2, 0.25) is 11.8 Å². The van der Waals surface area contributed by atoms with Crippen molar-refractivity contribution >= 4 is 29.4 Å². The average Bonchev–Trinajstić information content (AvgIpc) is 3.14. The lowest BCUT2D eigenvalue weighted by Gasteiger charge is -2.22. The number of anilines is 1. The maximum atomic E-state index is 13.0. The number of furan rings is 1. The highest BCUT2D eigenvalue weighted by Crippen LogP contribution is 2.32. The molecule has 1 aromatic carbocycles. The molecular formula is C22H26N4O5. The molecule has 1 aromatic heterocycles. The van der Waals surface area contributed by atoms with Crippen LogP contribution in [0.5, 0.6) is 0 Å². The molecule has 1 saturated heterocycles. The second-order valence-corrected chi connectivity index (χ2v) is 7.94. The first-order chi connectivity index (χ1) is 14.5. The highest BCUT2D eigenvalue weighted by Gasteiger charge is 2.51. The van der Waals surface area contributed by atoms with Crippen molar-refractivity contribution in [3.63, 3.8) is 0 Å². The van der Waals surface area contributed by atoms with E-state index in [-0.39, 0.29) is 12.5 Å². The number of rotatable bonds is 6. The monoisotopic (exact) mass is 426 g/mol. The van der Waals surface area contributed by atoms with Gasteiger partial charge in [-0.2, -0.15) is 0 Å². The lowest BCUT2D eigenvalue weighted by Crippen LogP contribution is -2.45. The molecule has 1 fully saturated rings. The van der Waals surface area contributed by atoms with E-state index in [4.69, 9.17) is 4.42 Å². The largest absolute Gasteiger partial charge is 0.466 e. The zero-order valence-electron chi connectivity index (χ0n) is 18.2. The number of nitrogens with zero attached hydrogens (tertiary/aromatic N) is 2. The molecule has 5 amide bonds. The summed E-state index contributed by atoms with van der Waals surface area (Å²) in [5.74, 6) is -0.332. The number of carbonyl (C=O) groups excluding carboxylic acids is 4. The Hall–Kier alpha value is -3.62. The Balaban J connectivity index is 1.63. The molecule has 0 saturated carbocycles. The molecule has 31 heavy (non-hydrogen) atoms. The van der Waals surface area contributed by atoms with Crippen LogP contribution in [0.4, 0.5) is 10.5 Å². The lowest BCUT2D eigenvalue weighted by molar-refractivity contribution is -0.139. The predicted molar refractivity (Wildman–Crippen MR) is 113 cm³/mol. The molecule has 164 valence electrons. The minimum atomic E-state index is -1.32. The van der Waals surface area contributed by atoms with Gasteiger partial charge in [0.1, 0.15) is 23.6 Å². The smallest absolute Gasteiger partial charge is 0.325 e. The minimum Gasteiger partial charge on any atom is -0.466 e. The van der Waals surface area contributed by atoms with Gasteiger partial charge in [-0.05, 0) is 45.9 Å². The van der Waals surface area contributed by atoms with E-state index in [1.807, 2.05) is 19.1 Å². The first-order valence-electron chi connectivity index (χ1n) is 9.83. The van der Waals surface area contributed by atoms with Gasteiger partial charge in [-0.1, -0.05) is 17.7 Å². The van der Waals surface area contributed by atoms with Gasteiger partial charge >= 0.3 is 6.03 Å². The zero-order chi connectivity index (χ0) is 22.9.